The summed E-state index contributed by atoms with van der Waals surface area (Å²) in [5.74, 6) is 0.613. The molecule has 0 amide bonds. The monoisotopic (exact) mass is 481 g/mol. The average molecular weight is 482 g/mol. The molecule has 1 aliphatic rings. The first-order valence-electron chi connectivity index (χ1n) is 10.4. The van der Waals surface area contributed by atoms with Crippen molar-refractivity contribution in [3.63, 3.8) is 0 Å². The van der Waals surface area contributed by atoms with Gasteiger partial charge in [0.25, 0.3) is 0 Å². The van der Waals surface area contributed by atoms with E-state index in [1.165, 1.54) is 0 Å². The molecular weight excluding hydrogens is 449 g/mol. The zero-order valence-corrected chi connectivity index (χ0v) is 21.4. The number of ether oxygens (including phenoxy) is 3. The highest BCUT2D eigenvalue weighted by Crippen LogP contribution is 2.45. The Morgan fingerprint density at radius 1 is 1.34 bits per heavy atom. The van der Waals surface area contributed by atoms with Crippen molar-refractivity contribution in [1.29, 1.82) is 5.26 Å². The van der Waals surface area contributed by atoms with Crippen LogP contribution < -0.4 is 9.47 Å². The molecule has 0 aliphatic carbocycles. The number of hydrogen-bond acceptors (Lipinski definition) is 6. The molecule has 2 N–H and O–H groups in total. The highest BCUT2D eigenvalue weighted by atomic mass is 31.2. The van der Waals surface area contributed by atoms with Gasteiger partial charge in [0, 0.05) is 19.2 Å². The Bertz CT molecular complexity index is 1000. The number of carbonyl (C=O) groups excluding carboxylic acids is 1. The van der Waals surface area contributed by atoms with Gasteiger partial charge >= 0.3 is 13.6 Å². The second kappa shape index (κ2) is 10.2. The van der Waals surface area contributed by atoms with E-state index in [1.54, 1.807) is 26.2 Å². The lowest BCUT2D eigenvalue weighted by Crippen LogP contribution is -2.23. The molecule has 0 fully saturated rings. The molecule has 1 aromatic carbocycles. The zero-order chi connectivity index (χ0) is 24.3. The number of fused-ring (bicyclic) bond motifs is 1. The van der Waals surface area contributed by atoms with Crippen LogP contribution in [0.2, 0.25) is 25.7 Å². The minimum absolute atomic E-state index is 0.0547. The van der Waals surface area contributed by atoms with Gasteiger partial charge in [0.1, 0.15) is 23.7 Å². The Morgan fingerprint density at radius 2 is 2.00 bits per heavy atom. The van der Waals surface area contributed by atoms with Gasteiger partial charge in [-0.25, -0.2) is 4.79 Å². The number of methoxy groups -OCH3 is 1. The lowest BCUT2D eigenvalue weighted by atomic mass is 9.94. The standard InChI is InChI=1S/C22H32NO7PSi/c1-14(11-16(12-23)31(25,26)27)7-8-17-20(28-3)15(2)18-13-30-22(24)19(18)21(17)29-9-10-32(4,5)6/h7,16H,8-11,13H2,1-6H3,(H2,25,26,27). The topological polar surface area (TPSA) is 126 Å². The summed E-state index contributed by atoms with van der Waals surface area (Å²) in [7, 11) is -4.33. The maximum Gasteiger partial charge on any atom is 0.342 e. The van der Waals surface area contributed by atoms with Crippen LogP contribution in [0.5, 0.6) is 11.5 Å². The SMILES string of the molecule is COc1c(C)c2c(c(OCC[Si](C)(C)C)c1CC=C(C)CC(C#N)P(=O)(O)O)C(=O)OC2. The van der Waals surface area contributed by atoms with Crippen LogP contribution in [0.4, 0.5) is 0 Å². The van der Waals surface area contributed by atoms with Gasteiger partial charge in [0.2, 0.25) is 0 Å². The van der Waals surface area contributed by atoms with E-state index in [4.69, 9.17) is 19.5 Å². The molecule has 0 bridgehead atoms. The summed E-state index contributed by atoms with van der Waals surface area (Å²) < 4.78 is 28.6. The molecule has 0 radical (unpaired) electrons. The normalized spacial score (nSPS) is 15.1. The molecule has 1 aliphatic heterocycles. The largest absolute Gasteiger partial charge is 0.496 e. The summed E-state index contributed by atoms with van der Waals surface area (Å²) in [4.78, 5) is 31.2. The van der Waals surface area contributed by atoms with Crippen LogP contribution in [0.3, 0.4) is 0 Å². The number of nitriles is 1. The number of esters is 1. The van der Waals surface area contributed by atoms with Crippen LogP contribution in [0.15, 0.2) is 11.6 Å². The predicted octanol–water partition coefficient (Wildman–Crippen LogP) is 4.34. The van der Waals surface area contributed by atoms with Crippen molar-refractivity contribution in [3.8, 4) is 17.6 Å². The third-order valence-corrected chi connectivity index (χ3v) is 8.26. The third kappa shape index (κ3) is 6.23. The van der Waals surface area contributed by atoms with Crippen LogP contribution in [-0.4, -0.2) is 43.2 Å². The average Bonchev–Trinajstić information content (AvgIpc) is 3.06. The summed E-state index contributed by atoms with van der Waals surface area (Å²) >= 11 is 0. The number of cyclic esters (lactones) is 1. The first kappa shape index (κ1) is 26.1. The quantitative estimate of drug-likeness (QED) is 0.219. The second-order valence-corrected chi connectivity index (χ2v) is 16.7. The molecule has 1 aromatic rings. The van der Waals surface area contributed by atoms with Gasteiger partial charge in [0.05, 0.1) is 19.8 Å². The molecule has 10 heteroatoms. The minimum Gasteiger partial charge on any atom is -0.496 e. The van der Waals surface area contributed by atoms with E-state index in [0.717, 1.165) is 17.2 Å². The van der Waals surface area contributed by atoms with Crippen LogP contribution >= 0.6 is 7.60 Å². The Labute approximate surface area is 190 Å². The smallest absolute Gasteiger partial charge is 0.342 e. The predicted molar refractivity (Wildman–Crippen MR) is 124 cm³/mol. The van der Waals surface area contributed by atoms with Gasteiger partial charge in [-0.1, -0.05) is 31.3 Å². The molecule has 0 aromatic heterocycles. The van der Waals surface area contributed by atoms with Crippen LogP contribution in [0.25, 0.3) is 0 Å². The lowest BCUT2D eigenvalue weighted by molar-refractivity contribution is 0.0532. The zero-order valence-electron chi connectivity index (χ0n) is 19.5. The Kier molecular flexibility index (Phi) is 8.35. The summed E-state index contributed by atoms with van der Waals surface area (Å²) in [6.07, 6.45) is 2.05. The van der Waals surface area contributed by atoms with E-state index < -0.39 is 27.3 Å². The number of hydrogen-bond donors (Lipinski definition) is 2. The Hall–Kier alpha value is -2.11. The van der Waals surface area contributed by atoms with Crippen molar-refractivity contribution in [3.05, 3.63) is 33.9 Å². The van der Waals surface area contributed by atoms with E-state index >= 15 is 0 Å². The number of benzene rings is 1. The maximum atomic E-state index is 12.5. The molecule has 2 rings (SSSR count). The van der Waals surface area contributed by atoms with Crippen molar-refractivity contribution in [2.24, 2.45) is 0 Å². The van der Waals surface area contributed by atoms with Crippen LogP contribution in [-0.2, 0) is 22.3 Å². The number of rotatable bonds is 10. The van der Waals surface area contributed by atoms with Crippen molar-refractivity contribution >= 4 is 21.6 Å². The number of allylic oxidation sites excluding steroid dienone is 2. The third-order valence-electron chi connectivity index (χ3n) is 5.45. The lowest BCUT2D eigenvalue weighted by Gasteiger charge is -2.21. The van der Waals surface area contributed by atoms with Crippen molar-refractivity contribution in [2.75, 3.05) is 13.7 Å². The number of carbonyl (C=O) groups is 1. The molecule has 8 nitrogen and oxygen atoms in total. The van der Waals surface area contributed by atoms with Crippen LogP contribution in [0.1, 0.15) is 40.4 Å². The van der Waals surface area contributed by atoms with E-state index in [9.17, 15) is 19.1 Å². The molecule has 0 saturated heterocycles. The summed E-state index contributed by atoms with van der Waals surface area (Å²) in [6.45, 7) is 10.9. The fourth-order valence-corrected chi connectivity index (χ4v) is 4.92. The molecule has 0 saturated carbocycles. The maximum absolute atomic E-state index is 12.5. The summed E-state index contributed by atoms with van der Waals surface area (Å²) in [5, 5.41) is 9.10. The highest BCUT2D eigenvalue weighted by Gasteiger charge is 2.33. The van der Waals surface area contributed by atoms with Gasteiger partial charge in [-0.2, -0.15) is 5.26 Å². The fourth-order valence-electron chi connectivity index (χ4n) is 3.53. The van der Waals surface area contributed by atoms with E-state index in [0.29, 0.717) is 41.2 Å². The molecule has 32 heavy (non-hydrogen) atoms. The second-order valence-electron chi connectivity index (χ2n) is 9.25. The molecule has 1 atom stereocenters. The van der Waals surface area contributed by atoms with Crippen LogP contribution in [0, 0.1) is 18.3 Å². The van der Waals surface area contributed by atoms with E-state index in [1.807, 2.05) is 6.92 Å². The van der Waals surface area contributed by atoms with Gasteiger partial charge in [-0.15, -0.1) is 0 Å². The summed E-state index contributed by atoms with van der Waals surface area (Å²) in [6, 6.07) is 2.60. The molecular formula is C22H32NO7PSi. The highest BCUT2D eigenvalue weighted by molar-refractivity contribution is 7.52. The van der Waals surface area contributed by atoms with Gasteiger partial charge < -0.3 is 24.0 Å². The molecule has 1 heterocycles. The minimum atomic E-state index is -4.52. The Morgan fingerprint density at radius 3 is 2.53 bits per heavy atom. The first-order valence-corrected chi connectivity index (χ1v) is 15.8. The van der Waals surface area contributed by atoms with Crippen molar-refractivity contribution < 1.29 is 33.4 Å². The van der Waals surface area contributed by atoms with E-state index in [-0.39, 0.29) is 13.0 Å². The fraction of sp³-hybridized carbons (Fsp3) is 0.545. The van der Waals surface area contributed by atoms with Gasteiger partial charge in [-0.05, 0) is 38.3 Å². The van der Waals surface area contributed by atoms with Crippen molar-refractivity contribution in [2.45, 2.75) is 64.6 Å². The molecule has 1 unspecified atom stereocenters. The summed E-state index contributed by atoms with van der Waals surface area (Å²) in [5.41, 5.74) is 1.91. The van der Waals surface area contributed by atoms with E-state index in [2.05, 4.69) is 19.6 Å². The first-order chi connectivity index (χ1) is 14.8. The van der Waals surface area contributed by atoms with Gasteiger partial charge in [-0.3, -0.25) is 4.57 Å². The van der Waals surface area contributed by atoms with Gasteiger partial charge in [0.15, 0.2) is 5.66 Å². The number of nitrogens with zero attached hydrogens (tertiary/aromatic N) is 1. The molecule has 176 valence electrons. The Balaban J connectivity index is 2.47. The van der Waals surface area contributed by atoms with Crippen molar-refractivity contribution in [1.82, 2.24) is 0 Å². The molecule has 0 spiro atoms.